The van der Waals surface area contributed by atoms with Crippen LogP contribution in [0.4, 0.5) is 11.6 Å². The van der Waals surface area contributed by atoms with E-state index >= 15 is 0 Å². The Hall–Kier alpha value is -2.90. The molecule has 0 aliphatic rings. The van der Waals surface area contributed by atoms with Crippen molar-refractivity contribution < 1.29 is 4.79 Å². The highest BCUT2D eigenvalue weighted by molar-refractivity contribution is 6.06. The Kier molecular flexibility index (Phi) is 2.19. The topological polar surface area (TPSA) is 125 Å². The van der Waals surface area contributed by atoms with Crippen molar-refractivity contribution >= 4 is 28.4 Å². The molecular formula is C10H9N7O. The predicted octanol–water partition coefficient (Wildman–Crippen LogP) is 0.515. The van der Waals surface area contributed by atoms with Gasteiger partial charge < -0.3 is 11.1 Å². The molecule has 8 nitrogen and oxygen atoms in total. The number of nitrogens with zero attached hydrogens (tertiary/aromatic N) is 3. The van der Waals surface area contributed by atoms with Crippen molar-refractivity contribution in [2.75, 3.05) is 11.1 Å². The smallest absolute Gasteiger partial charge is 0.293 e. The minimum absolute atomic E-state index is 0.0293. The average Bonchev–Trinajstić information content (AvgIpc) is 2.97. The van der Waals surface area contributed by atoms with Gasteiger partial charge in [-0.2, -0.15) is 10.1 Å². The fourth-order valence-corrected chi connectivity index (χ4v) is 1.63. The Morgan fingerprint density at radius 1 is 1.33 bits per heavy atom. The normalized spacial score (nSPS) is 10.7. The Labute approximate surface area is 101 Å². The van der Waals surface area contributed by atoms with Crippen LogP contribution < -0.4 is 11.1 Å². The number of benzene rings is 1. The number of aromatic amines is 2. The SMILES string of the molecule is Nc1n[nH]c(C(=O)Nc2cccc3[nH]ncc23)n1. The highest BCUT2D eigenvalue weighted by Crippen LogP contribution is 2.21. The summed E-state index contributed by atoms with van der Waals surface area (Å²) in [6.45, 7) is 0. The summed E-state index contributed by atoms with van der Waals surface area (Å²) in [6, 6.07) is 5.45. The van der Waals surface area contributed by atoms with E-state index in [0.717, 1.165) is 10.9 Å². The summed E-state index contributed by atoms with van der Waals surface area (Å²) < 4.78 is 0. The molecule has 3 rings (SSSR count). The van der Waals surface area contributed by atoms with E-state index in [0.29, 0.717) is 5.69 Å². The monoisotopic (exact) mass is 243 g/mol. The van der Waals surface area contributed by atoms with E-state index in [1.165, 1.54) is 0 Å². The van der Waals surface area contributed by atoms with Crippen LogP contribution in [0, 0.1) is 0 Å². The van der Waals surface area contributed by atoms with Crippen molar-refractivity contribution in [1.82, 2.24) is 25.4 Å². The van der Waals surface area contributed by atoms with Crippen molar-refractivity contribution in [2.45, 2.75) is 0 Å². The summed E-state index contributed by atoms with van der Waals surface area (Å²) in [5.41, 5.74) is 6.81. The number of aromatic nitrogens is 5. The number of fused-ring (bicyclic) bond motifs is 1. The summed E-state index contributed by atoms with van der Waals surface area (Å²) in [7, 11) is 0. The van der Waals surface area contributed by atoms with Gasteiger partial charge in [-0.3, -0.25) is 15.0 Å². The maximum absolute atomic E-state index is 11.9. The fourth-order valence-electron chi connectivity index (χ4n) is 1.63. The molecule has 18 heavy (non-hydrogen) atoms. The second kappa shape index (κ2) is 3.84. The van der Waals surface area contributed by atoms with Gasteiger partial charge in [-0.25, -0.2) is 0 Å². The lowest BCUT2D eigenvalue weighted by Crippen LogP contribution is -2.14. The van der Waals surface area contributed by atoms with E-state index < -0.39 is 5.91 Å². The molecule has 0 atom stereocenters. The van der Waals surface area contributed by atoms with Crippen LogP contribution >= 0.6 is 0 Å². The van der Waals surface area contributed by atoms with Crippen LogP contribution in [0.2, 0.25) is 0 Å². The van der Waals surface area contributed by atoms with Crippen LogP contribution in [0.1, 0.15) is 10.6 Å². The number of H-pyrrole nitrogens is 2. The van der Waals surface area contributed by atoms with Gasteiger partial charge in [0.1, 0.15) is 0 Å². The molecule has 0 fully saturated rings. The molecule has 0 bridgehead atoms. The quantitative estimate of drug-likeness (QED) is 0.522. The second-order valence-corrected chi connectivity index (χ2v) is 3.63. The summed E-state index contributed by atoms with van der Waals surface area (Å²) in [4.78, 5) is 15.6. The van der Waals surface area contributed by atoms with Crippen LogP contribution in [-0.4, -0.2) is 31.3 Å². The van der Waals surface area contributed by atoms with Crippen molar-refractivity contribution in [1.29, 1.82) is 0 Å². The molecule has 0 spiro atoms. The molecule has 1 amide bonds. The average molecular weight is 243 g/mol. The third-order valence-corrected chi connectivity index (χ3v) is 2.45. The molecular weight excluding hydrogens is 234 g/mol. The van der Waals surface area contributed by atoms with E-state index in [9.17, 15) is 4.79 Å². The van der Waals surface area contributed by atoms with Gasteiger partial charge in [0.2, 0.25) is 11.8 Å². The Morgan fingerprint density at radius 2 is 2.22 bits per heavy atom. The number of carbonyl (C=O) groups excluding carboxylic acids is 1. The first-order valence-corrected chi connectivity index (χ1v) is 5.15. The lowest BCUT2D eigenvalue weighted by molar-refractivity contribution is 0.101. The molecule has 5 N–H and O–H groups in total. The highest BCUT2D eigenvalue weighted by Gasteiger charge is 2.12. The van der Waals surface area contributed by atoms with Gasteiger partial charge in [0.25, 0.3) is 5.91 Å². The molecule has 2 aromatic heterocycles. The summed E-state index contributed by atoms with van der Waals surface area (Å²) in [6.07, 6.45) is 1.64. The maximum Gasteiger partial charge on any atom is 0.293 e. The van der Waals surface area contributed by atoms with Gasteiger partial charge in [0.15, 0.2) is 0 Å². The Balaban J connectivity index is 1.92. The van der Waals surface area contributed by atoms with Crippen LogP contribution in [-0.2, 0) is 0 Å². The number of nitrogens with two attached hydrogens (primary N) is 1. The molecule has 1 aromatic carbocycles. The molecule has 2 heterocycles. The van der Waals surface area contributed by atoms with E-state index in [2.05, 4.69) is 30.7 Å². The lowest BCUT2D eigenvalue weighted by Gasteiger charge is -2.03. The maximum atomic E-state index is 11.9. The number of hydrogen-bond donors (Lipinski definition) is 4. The first-order valence-electron chi connectivity index (χ1n) is 5.15. The van der Waals surface area contributed by atoms with E-state index in [-0.39, 0.29) is 11.8 Å². The third kappa shape index (κ3) is 1.65. The first-order chi connectivity index (χ1) is 8.74. The van der Waals surface area contributed by atoms with Gasteiger partial charge in [-0.15, -0.1) is 5.10 Å². The lowest BCUT2D eigenvalue weighted by atomic mass is 10.2. The molecule has 0 aliphatic carbocycles. The second-order valence-electron chi connectivity index (χ2n) is 3.63. The van der Waals surface area contributed by atoms with Gasteiger partial charge in [0, 0.05) is 5.39 Å². The van der Waals surface area contributed by atoms with Crippen molar-refractivity contribution in [2.24, 2.45) is 0 Å². The molecule has 0 saturated heterocycles. The minimum atomic E-state index is -0.409. The summed E-state index contributed by atoms with van der Waals surface area (Å²) in [5, 5.41) is 16.3. The number of amides is 1. The van der Waals surface area contributed by atoms with Crippen LogP contribution in [0.5, 0.6) is 0 Å². The Morgan fingerprint density at radius 3 is 3.00 bits per heavy atom. The minimum Gasteiger partial charge on any atom is -0.366 e. The standard InChI is InChI=1S/C10H9N7O/c11-10-14-8(16-17-10)9(18)13-6-2-1-3-7-5(6)4-12-15-7/h1-4H,(H,12,15)(H,13,18)(H3,11,14,16,17). The zero-order chi connectivity index (χ0) is 12.5. The predicted molar refractivity (Wildman–Crippen MR) is 64.8 cm³/mol. The molecule has 8 heteroatoms. The van der Waals surface area contributed by atoms with Crippen LogP contribution in [0.3, 0.4) is 0 Å². The fraction of sp³-hybridized carbons (Fsp3) is 0. The van der Waals surface area contributed by atoms with E-state index in [4.69, 9.17) is 5.73 Å². The third-order valence-electron chi connectivity index (χ3n) is 2.45. The van der Waals surface area contributed by atoms with Gasteiger partial charge in [-0.05, 0) is 12.1 Å². The number of anilines is 2. The van der Waals surface area contributed by atoms with Gasteiger partial charge in [-0.1, -0.05) is 6.07 Å². The van der Waals surface area contributed by atoms with Crippen molar-refractivity contribution in [3.05, 3.63) is 30.2 Å². The van der Waals surface area contributed by atoms with Gasteiger partial charge in [0.05, 0.1) is 17.4 Å². The first kappa shape index (κ1) is 10.3. The zero-order valence-corrected chi connectivity index (χ0v) is 9.14. The number of carbonyl (C=O) groups is 1. The molecule has 3 aromatic rings. The zero-order valence-electron chi connectivity index (χ0n) is 9.14. The molecule has 0 aliphatic heterocycles. The van der Waals surface area contributed by atoms with E-state index in [1.54, 1.807) is 12.3 Å². The number of nitrogens with one attached hydrogen (secondary N) is 3. The molecule has 90 valence electrons. The number of hydrogen-bond acceptors (Lipinski definition) is 5. The largest absolute Gasteiger partial charge is 0.366 e. The molecule has 0 saturated carbocycles. The van der Waals surface area contributed by atoms with E-state index in [1.807, 2.05) is 12.1 Å². The van der Waals surface area contributed by atoms with Gasteiger partial charge >= 0.3 is 0 Å². The number of rotatable bonds is 2. The van der Waals surface area contributed by atoms with Crippen molar-refractivity contribution in [3.8, 4) is 0 Å². The summed E-state index contributed by atoms with van der Waals surface area (Å²) in [5.74, 6) is -0.317. The molecule has 0 unspecified atom stereocenters. The van der Waals surface area contributed by atoms with Crippen LogP contribution in [0.15, 0.2) is 24.4 Å². The number of nitrogen functional groups attached to an aromatic ring is 1. The molecule has 0 radical (unpaired) electrons. The highest BCUT2D eigenvalue weighted by atomic mass is 16.2. The van der Waals surface area contributed by atoms with Crippen LogP contribution in [0.25, 0.3) is 10.9 Å². The Bertz CT molecular complexity index is 714. The summed E-state index contributed by atoms with van der Waals surface area (Å²) >= 11 is 0. The van der Waals surface area contributed by atoms with Crippen molar-refractivity contribution in [3.63, 3.8) is 0 Å².